The average Bonchev–Trinajstić information content (AvgIpc) is 3.29. The van der Waals surface area contributed by atoms with Crippen molar-refractivity contribution in [1.29, 1.82) is 0 Å². The molecule has 0 bridgehead atoms. The van der Waals surface area contributed by atoms with Crippen molar-refractivity contribution in [3.05, 3.63) is 35.9 Å². The third kappa shape index (κ3) is 2.78. The number of rotatable bonds is 4. The molecule has 1 heterocycles. The smallest absolute Gasteiger partial charge is 0.306 e. The van der Waals surface area contributed by atoms with Crippen molar-refractivity contribution in [2.45, 2.75) is 30.8 Å². The van der Waals surface area contributed by atoms with Crippen LogP contribution >= 0.6 is 0 Å². The number of amides is 1. The molecule has 1 aromatic carbocycles. The highest BCUT2D eigenvalue weighted by Gasteiger charge is 2.53. The molecule has 112 valence electrons. The second-order valence-corrected chi connectivity index (χ2v) is 5.79. The molecule has 5 nitrogen and oxygen atoms in total. The van der Waals surface area contributed by atoms with Gasteiger partial charge in [0, 0.05) is 13.1 Å². The van der Waals surface area contributed by atoms with Gasteiger partial charge in [0.1, 0.15) is 0 Å². The molecule has 1 amide bonds. The van der Waals surface area contributed by atoms with Gasteiger partial charge in [0.05, 0.1) is 24.5 Å². The first-order chi connectivity index (χ1) is 10.1. The van der Waals surface area contributed by atoms with Gasteiger partial charge in [-0.3, -0.25) is 9.59 Å². The summed E-state index contributed by atoms with van der Waals surface area (Å²) in [5.74, 6) is -0.772. The van der Waals surface area contributed by atoms with E-state index >= 15 is 0 Å². The Kier molecular flexibility index (Phi) is 3.68. The van der Waals surface area contributed by atoms with Gasteiger partial charge in [-0.2, -0.15) is 0 Å². The van der Waals surface area contributed by atoms with Crippen molar-refractivity contribution in [2.75, 3.05) is 19.7 Å². The minimum absolute atomic E-state index is 0.0535. The van der Waals surface area contributed by atoms with E-state index in [0.717, 1.165) is 18.4 Å². The van der Waals surface area contributed by atoms with Gasteiger partial charge in [0.25, 0.3) is 0 Å². The summed E-state index contributed by atoms with van der Waals surface area (Å²) in [6, 6.07) is 9.85. The first-order valence-electron chi connectivity index (χ1n) is 7.30. The van der Waals surface area contributed by atoms with Gasteiger partial charge in [0.2, 0.25) is 5.91 Å². The van der Waals surface area contributed by atoms with E-state index < -0.39 is 12.1 Å². The number of carboxylic acids is 1. The maximum Gasteiger partial charge on any atom is 0.306 e. The second kappa shape index (κ2) is 5.48. The van der Waals surface area contributed by atoms with Crippen LogP contribution in [-0.4, -0.2) is 47.7 Å². The lowest BCUT2D eigenvalue weighted by Gasteiger charge is -2.35. The molecule has 1 aromatic rings. The van der Waals surface area contributed by atoms with Crippen molar-refractivity contribution < 1.29 is 19.4 Å². The van der Waals surface area contributed by atoms with Crippen LogP contribution < -0.4 is 0 Å². The number of carbonyl (C=O) groups is 2. The molecule has 1 N–H and O–H groups in total. The largest absolute Gasteiger partial charge is 0.481 e. The van der Waals surface area contributed by atoms with E-state index in [2.05, 4.69) is 0 Å². The Balaban J connectivity index is 1.72. The Labute approximate surface area is 123 Å². The van der Waals surface area contributed by atoms with Crippen molar-refractivity contribution in [3.63, 3.8) is 0 Å². The SMILES string of the molecule is O=C(O)C[C@@H]1CN(C(=O)C2(c3ccccc3)CC2)CCO1. The Morgan fingerprint density at radius 1 is 1.29 bits per heavy atom. The third-order valence-electron chi connectivity index (χ3n) is 4.31. The molecular formula is C16H19NO4. The lowest BCUT2D eigenvalue weighted by molar-refractivity contribution is -0.149. The number of hydrogen-bond acceptors (Lipinski definition) is 3. The standard InChI is InChI=1S/C16H19NO4/c18-14(19)10-13-11-17(8-9-21-13)15(20)16(6-7-16)12-4-2-1-3-5-12/h1-5,13H,6-11H2,(H,18,19)/t13-/m1/s1. The summed E-state index contributed by atoms with van der Waals surface area (Å²) in [6.07, 6.45) is 1.29. The topological polar surface area (TPSA) is 66.8 Å². The van der Waals surface area contributed by atoms with Crippen LogP contribution in [0.25, 0.3) is 0 Å². The van der Waals surface area contributed by atoms with Gasteiger partial charge in [0.15, 0.2) is 0 Å². The van der Waals surface area contributed by atoms with Crippen molar-refractivity contribution >= 4 is 11.9 Å². The van der Waals surface area contributed by atoms with Crippen LogP contribution in [0.4, 0.5) is 0 Å². The number of hydrogen-bond donors (Lipinski definition) is 1. The van der Waals surface area contributed by atoms with E-state index in [1.165, 1.54) is 0 Å². The molecule has 0 radical (unpaired) electrons. The molecule has 2 fully saturated rings. The van der Waals surface area contributed by atoms with E-state index in [9.17, 15) is 9.59 Å². The number of aliphatic carboxylic acids is 1. The maximum absolute atomic E-state index is 12.8. The van der Waals surface area contributed by atoms with Crippen LogP contribution in [0.15, 0.2) is 30.3 Å². The highest BCUT2D eigenvalue weighted by atomic mass is 16.5. The van der Waals surface area contributed by atoms with Gasteiger partial charge >= 0.3 is 5.97 Å². The molecule has 1 saturated carbocycles. The first-order valence-corrected chi connectivity index (χ1v) is 7.30. The Morgan fingerprint density at radius 2 is 2.00 bits per heavy atom. The summed E-state index contributed by atoms with van der Waals surface area (Å²) in [5.41, 5.74) is 0.683. The van der Waals surface area contributed by atoms with Crippen LogP contribution in [0.1, 0.15) is 24.8 Å². The molecule has 1 aliphatic carbocycles. The lowest BCUT2D eigenvalue weighted by Crippen LogP contribution is -2.49. The number of nitrogens with zero attached hydrogens (tertiary/aromatic N) is 1. The quantitative estimate of drug-likeness (QED) is 0.910. The highest BCUT2D eigenvalue weighted by molar-refractivity contribution is 5.91. The Morgan fingerprint density at radius 3 is 2.62 bits per heavy atom. The second-order valence-electron chi connectivity index (χ2n) is 5.79. The fourth-order valence-corrected chi connectivity index (χ4v) is 3.03. The molecule has 5 heteroatoms. The van der Waals surface area contributed by atoms with E-state index in [-0.39, 0.29) is 17.7 Å². The minimum Gasteiger partial charge on any atom is -0.481 e. The third-order valence-corrected chi connectivity index (χ3v) is 4.31. The fourth-order valence-electron chi connectivity index (χ4n) is 3.03. The normalized spacial score (nSPS) is 23.6. The Hall–Kier alpha value is -1.88. The molecule has 3 rings (SSSR count). The summed E-state index contributed by atoms with van der Waals surface area (Å²) < 4.78 is 5.43. The van der Waals surface area contributed by atoms with Crippen LogP contribution in [0.2, 0.25) is 0 Å². The molecule has 1 aliphatic heterocycles. The number of carboxylic acid groups (broad SMARTS) is 1. The summed E-state index contributed by atoms with van der Waals surface area (Å²) in [7, 11) is 0. The Bertz CT molecular complexity index is 538. The van der Waals surface area contributed by atoms with Crippen LogP contribution in [-0.2, 0) is 19.7 Å². The van der Waals surface area contributed by atoms with Crippen LogP contribution in [0.5, 0.6) is 0 Å². The highest BCUT2D eigenvalue weighted by Crippen LogP contribution is 2.49. The summed E-state index contributed by atoms with van der Waals surface area (Å²) >= 11 is 0. The zero-order valence-corrected chi connectivity index (χ0v) is 11.8. The van der Waals surface area contributed by atoms with Crippen LogP contribution in [0, 0.1) is 0 Å². The van der Waals surface area contributed by atoms with Gasteiger partial charge in [-0.05, 0) is 18.4 Å². The molecule has 0 unspecified atom stereocenters. The summed E-state index contributed by atoms with van der Waals surface area (Å²) in [6.45, 7) is 1.33. The lowest BCUT2D eigenvalue weighted by atomic mass is 9.94. The van der Waals surface area contributed by atoms with E-state index in [1.807, 2.05) is 30.3 Å². The van der Waals surface area contributed by atoms with Crippen molar-refractivity contribution in [3.8, 4) is 0 Å². The predicted molar refractivity (Wildman–Crippen MR) is 75.9 cm³/mol. The molecule has 0 aromatic heterocycles. The van der Waals surface area contributed by atoms with Crippen molar-refractivity contribution in [1.82, 2.24) is 4.90 Å². The summed E-state index contributed by atoms with van der Waals surface area (Å²) in [4.78, 5) is 25.4. The molecule has 1 saturated heterocycles. The van der Waals surface area contributed by atoms with Gasteiger partial charge in [-0.25, -0.2) is 0 Å². The fraction of sp³-hybridized carbons (Fsp3) is 0.500. The predicted octanol–water partition coefficient (Wildman–Crippen LogP) is 1.42. The number of morpholine rings is 1. The zero-order valence-electron chi connectivity index (χ0n) is 11.8. The number of ether oxygens (including phenoxy) is 1. The maximum atomic E-state index is 12.8. The number of carbonyl (C=O) groups excluding carboxylic acids is 1. The zero-order chi connectivity index (χ0) is 14.9. The van der Waals surface area contributed by atoms with E-state index in [1.54, 1.807) is 4.90 Å². The van der Waals surface area contributed by atoms with Gasteiger partial charge in [-0.1, -0.05) is 30.3 Å². The van der Waals surface area contributed by atoms with Gasteiger partial charge < -0.3 is 14.7 Å². The molecule has 2 aliphatic rings. The van der Waals surface area contributed by atoms with Gasteiger partial charge in [-0.15, -0.1) is 0 Å². The molecule has 1 atom stereocenters. The molecule has 0 spiro atoms. The van der Waals surface area contributed by atoms with Crippen molar-refractivity contribution in [2.24, 2.45) is 0 Å². The first kappa shape index (κ1) is 14.1. The minimum atomic E-state index is -0.890. The molecule has 21 heavy (non-hydrogen) atoms. The number of benzene rings is 1. The monoisotopic (exact) mass is 289 g/mol. The van der Waals surface area contributed by atoms with Crippen LogP contribution in [0.3, 0.4) is 0 Å². The van der Waals surface area contributed by atoms with E-state index in [4.69, 9.17) is 9.84 Å². The molecular weight excluding hydrogens is 270 g/mol. The summed E-state index contributed by atoms with van der Waals surface area (Å²) in [5, 5.41) is 8.86. The van der Waals surface area contributed by atoms with E-state index in [0.29, 0.717) is 19.7 Å². The average molecular weight is 289 g/mol.